The second-order valence-electron chi connectivity index (χ2n) is 9.61. The number of nitrogens with zero attached hydrogens (tertiary/aromatic N) is 1. The maximum atomic E-state index is 13.3. The standard InChI is InChI=1S/C33H31ClFNO6/c1-22-27(7-5-9-31(37)38)28-8-4-6-24(33(28)36(22)21-32(39)40)13-10-23-11-15-26(16-12-23)41-18-2-3-19-42-30-20-25(35)14-17-29(30)34/h2-4,6,8,10-17,20H,5,7,9,18-19,21H2,1H3,(H,37,38)(H,39,40). The first-order chi connectivity index (χ1) is 20.2. The number of aryl methyl sites for hydroxylation is 1. The molecule has 1 aromatic heterocycles. The number of aliphatic carboxylic acids is 2. The molecule has 7 nitrogen and oxygen atoms in total. The number of hydrogen-bond donors (Lipinski definition) is 2. The molecule has 0 amide bonds. The summed E-state index contributed by atoms with van der Waals surface area (Å²) >= 11 is 5.99. The third kappa shape index (κ3) is 8.01. The second-order valence-corrected chi connectivity index (χ2v) is 10.0. The van der Waals surface area contributed by atoms with Gasteiger partial charge in [-0.3, -0.25) is 9.59 Å². The number of benzene rings is 3. The van der Waals surface area contributed by atoms with Gasteiger partial charge >= 0.3 is 11.9 Å². The zero-order chi connectivity index (χ0) is 30.1. The predicted octanol–water partition coefficient (Wildman–Crippen LogP) is 7.42. The van der Waals surface area contributed by atoms with Crippen molar-refractivity contribution >= 4 is 46.6 Å². The van der Waals surface area contributed by atoms with Crippen molar-refractivity contribution in [2.75, 3.05) is 13.2 Å². The molecule has 1 heterocycles. The molecule has 0 bridgehead atoms. The van der Waals surface area contributed by atoms with Crippen LogP contribution in [0.5, 0.6) is 11.5 Å². The minimum Gasteiger partial charge on any atom is -0.490 e. The third-order valence-corrected chi connectivity index (χ3v) is 7.00. The molecule has 4 aromatic rings. The van der Waals surface area contributed by atoms with E-state index in [1.807, 2.05) is 61.5 Å². The summed E-state index contributed by atoms with van der Waals surface area (Å²) in [7, 11) is 0. The van der Waals surface area contributed by atoms with Gasteiger partial charge in [-0.15, -0.1) is 0 Å². The average Bonchev–Trinajstić information content (AvgIpc) is 3.22. The molecule has 0 unspecified atom stereocenters. The van der Waals surface area contributed by atoms with E-state index in [1.165, 1.54) is 18.2 Å². The first-order valence-electron chi connectivity index (χ1n) is 13.4. The lowest BCUT2D eigenvalue weighted by Crippen LogP contribution is -2.10. The Morgan fingerprint density at radius 2 is 1.69 bits per heavy atom. The number of aromatic nitrogens is 1. The number of rotatable bonds is 14. The van der Waals surface area contributed by atoms with Crippen molar-refractivity contribution in [1.29, 1.82) is 0 Å². The zero-order valence-electron chi connectivity index (χ0n) is 23.1. The molecule has 0 aliphatic rings. The lowest BCUT2D eigenvalue weighted by atomic mass is 10.0. The monoisotopic (exact) mass is 591 g/mol. The van der Waals surface area contributed by atoms with E-state index in [1.54, 1.807) is 16.7 Å². The number of carboxylic acids is 2. The minimum atomic E-state index is -0.945. The summed E-state index contributed by atoms with van der Waals surface area (Å²) in [4.78, 5) is 22.7. The lowest BCUT2D eigenvalue weighted by Gasteiger charge is -2.08. The molecule has 0 fully saturated rings. The Labute approximate surface area is 248 Å². The maximum absolute atomic E-state index is 13.3. The summed E-state index contributed by atoms with van der Waals surface area (Å²) in [5.41, 5.74) is 4.43. The summed E-state index contributed by atoms with van der Waals surface area (Å²) in [6, 6.07) is 17.3. The van der Waals surface area contributed by atoms with Crippen molar-refractivity contribution in [3.05, 3.63) is 106 Å². The number of ether oxygens (including phenoxy) is 2. The Morgan fingerprint density at radius 3 is 2.40 bits per heavy atom. The summed E-state index contributed by atoms with van der Waals surface area (Å²) in [6.07, 6.45) is 8.55. The van der Waals surface area contributed by atoms with Crippen LogP contribution in [-0.4, -0.2) is 39.9 Å². The van der Waals surface area contributed by atoms with E-state index in [-0.39, 0.29) is 25.3 Å². The first-order valence-corrected chi connectivity index (χ1v) is 13.8. The van der Waals surface area contributed by atoms with Gasteiger partial charge in [-0.05, 0) is 72.9 Å². The highest BCUT2D eigenvalue weighted by molar-refractivity contribution is 6.32. The smallest absolute Gasteiger partial charge is 0.323 e. The molecule has 0 aliphatic heterocycles. The topological polar surface area (TPSA) is 98.0 Å². The summed E-state index contributed by atoms with van der Waals surface area (Å²) in [6.45, 7) is 2.25. The number of halogens is 2. The van der Waals surface area contributed by atoms with Crippen LogP contribution >= 0.6 is 11.6 Å². The Hall–Kier alpha value is -4.56. The molecule has 42 heavy (non-hydrogen) atoms. The van der Waals surface area contributed by atoms with Crippen LogP contribution in [0.15, 0.2) is 72.8 Å². The molecule has 0 atom stereocenters. The van der Waals surface area contributed by atoms with Crippen LogP contribution in [0.1, 0.15) is 35.2 Å². The fourth-order valence-corrected chi connectivity index (χ4v) is 4.87. The van der Waals surface area contributed by atoms with E-state index < -0.39 is 17.8 Å². The first kappa shape index (κ1) is 30.4. The fourth-order valence-electron chi connectivity index (χ4n) is 4.70. The SMILES string of the molecule is Cc1c(CCCC(=O)O)c2cccc(C=Cc3ccc(OCC=CCOc4cc(F)ccc4Cl)cc3)c2n1CC(=O)O. The van der Waals surface area contributed by atoms with Crippen LogP contribution in [-0.2, 0) is 22.6 Å². The highest BCUT2D eigenvalue weighted by Gasteiger charge is 2.18. The molecule has 0 saturated heterocycles. The van der Waals surface area contributed by atoms with Crippen molar-refractivity contribution in [2.45, 2.75) is 32.7 Å². The number of fused-ring (bicyclic) bond motifs is 1. The normalized spacial score (nSPS) is 11.5. The largest absolute Gasteiger partial charge is 0.490 e. The molecular weight excluding hydrogens is 561 g/mol. The lowest BCUT2D eigenvalue weighted by molar-refractivity contribution is -0.138. The predicted molar refractivity (Wildman–Crippen MR) is 162 cm³/mol. The van der Waals surface area contributed by atoms with Crippen LogP contribution in [0.2, 0.25) is 5.02 Å². The highest BCUT2D eigenvalue weighted by Crippen LogP contribution is 2.31. The van der Waals surface area contributed by atoms with Gasteiger partial charge in [0.05, 0.1) is 10.5 Å². The molecule has 4 rings (SSSR count). The minimum absolute atomic E-state index is 0.0565. The number of hydrogen-bond acceptors (Lipinski definition) is 4. The fraction of sp³-hybridized carbons (Fsp3) is 0.212. The van der Waals surface area contributed by atoms with E-state index >= 15 is 0 Å². The van der Waals surface area contributed by atoms with Crippen molar-refractivity contribution in [3.63, 3.8) is 0 Å². The molecular formula is C33H31ClFNO6. The molecule has 0 aliphatic carbocycles. The molecule has 0 spiro atoms. The van der Waals surface area contributed by atoms with Crippen LogP contribution in [0.4, 0.5) is 4.39 Å². The Morgan fingerprint density at radius 1 is 0.952 bits per heavy atom. The third-order valence-electron chi connectivity index (χ3n) is 6.69. The highest BCUT2D eigenvalue weighted by atomic mass is 35.5. The second kappa shape index (κ2) is 14.4. The van der Waals surface area contributed by atoms with Crippen LogP contribution in [0.3, 0.4) is 0 Å². The Balaban J connectivity index is 1.41. The number of carbonyl (C=O) groups is 2. The Kier molecular flexibility index (Phi) is 10.4. The quantitative estimate of drug-likeness (QED) is 0.117. The molecule has 0 radical (unpaired) electrons. The van der Waals surface area contributed by atoms with Crippen LogP contribution < -0.4 is 9.47 Å². The van der Waals surface area contributed by atoms with E-state index in [9.17, 15) is 19.1 Å². The summed E-state index contributed by atoms with van der Waals surface area (Å²) < 4.78 is 26.3. The zero-order valence-corrected chi connectivity index (χ0v) is 23.8. The van der Waals surface area contributed by atoms with Crippen LogP contribution in [0, 0.1) is 12.7 Å². The van der Waals surface area contributed by atoms with Crippen molar-refractivity contribution in [2.24, 2.45) is 0 Å². The summed E-state index contributed by atoms with van der Waals surface area (Å²) in [5, 5.41) is 19.9. The van der Waals surface area contributed by atoms with Gasteiger partial charge < -0.3 is 24.3 Å². The van der Waals surface area contributed by atoms with Crippen molar-refractivity contribution in [3.8, 4) is 11.5 Å². The van der Waals surface area contributed by atoms with Gasteiger partial charge in [0.25, 0.3) is 0 Å². The average molecular weight is 592 g/mol. The van der Waals surface area contributed by atoms with E-state index in [0.29, 0.717) is 30.2 Å². The van der Waals surface area contributed by atoms with Gasteiger partial charge in [-0.25, -0.2) is 4.39 Å². The number of para-hydroxylation sites is 1. The Bertz CT molecular complexity index is 1620. The van der Waals surface area contributed by atoms with Gasteiger partial charge in [-0.1, -0.05) is 54.1 Å². The van der Waals surface area contributed by atoms with Crippen molar-refractivity contribution < 1.29 is 33.7 Å². The number of carboxylic acid groups (broad SMARTS) is 2. The van der Waals surface area contributed by atoms with Gasteiger partial charge in [0.1, 0.15) is 37.1 Å². The summed E-state index contributed by atoms with van der Waals surface area (Å²) in [5.74, 6) is -1.25. The van der Waals surface area contributed by atoms with Crippen LogP contribution in [0.25, 0.3) is 23.1 Å². The molecule has 3 aromatic carbocycles. The van der Waals surface area contributed by atoms with E-state index in [4.69, 9.17) is 26.2 Å². The van der Waals surface area contributed by atoms with E-state index in [0.717, 1.165) is 33.3 Å². The maximum Gasteiger partial charge on any atom is 0.323 e. The molecule has 2 N–H and O–H groups in total. The van der Waals surface area contributed by atoms with Gasteiger partial charge in [0.2, 0.25) is 0 Å². The van der Waals surface area contributed by atoms with Gasteiger partial charge in [-0.2, -0.15) is 0 Å². The van der Waals surface area contributed by atoms with Crippen molar-refractivity contribution in [1.82, 2.24) is 4.57 Å². The van der Waals surface area contributed by atoms with Gasteiger partial charge in [0.15, 0.2) is 0 Å². The van der Waals surface area contributed by atoms with E-state index in [2.05, 4.69) is 0 Å². The molecule has 9 heteroatoms. The molecule has 0 saturated carbocycles. The molecule has 218 valence electrons. The van der Waals surface area contributed by atoms with Gasteiger partial charge in [0, 0.05) is 23.6 Å².